The first-order valence-corrected chi connectivity index (χ1v) is 11.6. The first kappa shape index (κ1) is 21.2. The van der Waals surface area contributed by atoms with E-state index in [0.29, 0.717) is 59.3 Å². The highest BCUT2D eigenvalue weighted by molar-refractivity contribution is 7.94. The Labute approximate surface area is 181 Å². The standard InChI is InChI=1S/C21H26N4O5S/c1-14(2)31(27)19-13-18(29-4)17(28-3)12-15(19)22-21(23-31)25-9-7-24(8-10-25)20(26)16-6-5-11-30-16/h5-6,11-14H,7-10H2,1-4H3. The molecule has 4 rings (SSSR count). The summed E-state index contributed by atoms with van der Waals surface area (Å²) in [4.78, 5) is 20.9. The van der Waals surface area contributed by atoms with E-state index in [1.807, 2.05) is 18.7 Å². The van der Waals surface area contributed by atoms with Crippen molar-refractivity contribution in [2.75, 3.05) is 40.4 Å². The number of carbonyl (C=O) groups excluding carboxylic acids is 1. The van der Waals surface area contributed by atoms with E-state index in [0.717, 1.165) is 0 Å². The summed E-state index contributed by atoms with van der Waals surface area (Å²) in [6.07, 6.45) is 1.49. The molecule has 0 radical (unpaired) electrons. The van der Waals surface area contributed by atoms with E-state index in [9.17, 15) is 9.00 Å². The lowest BCUT2D eigenvalue weighted by atomic mass is 10.3. The number of fused-ring (bicyclic) bond motifs is 1. The Balaban J connectivity index is 1.67. The van der Waals surface area contributed by atoms with Gasteiger partial charge in [0.25, 0.3) is 5.91 Å². The average molecular weight is 447 g/mol. The molecule has 2 aliphatic heterocycles. The smallest absolute Gasteiger partial charge is 0.289 e. The molecule has 2 aromatic rings. The van der Waals surface area contributed by atoms with Crippen LogP contribution in [0.2, 0.25) is 0 Å². The molecule has 9 nitrogen and oxygen atoms in total. The lowest BCUT2D eigenvalue weighted by Crippen LogP contribution is -2.51. The fraction of sp³-hybridized carbons (Fsp3) is 0.429. The third kappa shape index (κ3) is 3.76. The third-order valence-electron chi connectivity index (χ3n) is 5.44. The zero-order valence-corrected chi connectivity index (χ0v) is 18.8. The highest BCUT2D eigenvalue weighted by Gasteiger charge is 2.28. The molecule has 2 aliphatic rings. The highest BCUT2D eigenvalue weighted by Crippen LogP contribution is 2.26. The van der Waals surface area contributed by atoms with Crippen LogP contribution in [0.5, 0.6) is 11.5 Å². The summed E-state index contributed by atoms with van der Waals surface area (Å²) in [5, 5.41) is 0.340. The Morgan fingerprint density at radius 2 is 1.81 bits per heavy atom. The van der Waals surface area contributed by atoms with Gasteiger partial charge in [-0.25, -0.2) is 9.20 Å². The second-order valence-corrected chi connectivity index (χ2v) is 10.3. The van der Waals surface area contributed by atoms with Gasteiger partial charge < -0.3 is 23.7 Å². The number of guanidine groups is 1. The quantitative estimate of drug-likeness (QED) is 0.662. The van der Waals surface area contributed by atoms with Gasteiger partial charge in [-0.15, -0.1) is 0 Å². The van der Waals surface area contributed by atoms with Crippen LogP contribution in [0.25, 0.3) is 0 Å². The van der Waals surface area contributed by atoms with Crippen LogP contribution in [0.4, 0.5) is 0 Å². The Kier molecular flexibility index (Phi) is 5.65. The van der Waals surface area contributed by atoms with Crippen molar-refractivity contribution in [3.8, 4) is 11.5 Å². The van der Waals surface area contributed by atoms with Crippen LogP contribution in [0.15, 0.2) is 44.3 Å². The molecule has 166 valence electrons. The van der Waals surface area contributed by atoms with E-state index in [2.05, 4.69) is 9.39 Å². The van der Waals surface area contributed by atoms with Gasteiger partial charge in [0, 0.05) is 43.6 Å². The molecule has 1 amide bonds. The molecule has 31 heavy (non-hydrogen) atoms. The number of carbonyl (C=O) groups is 1. The third-order valence-corrected chi connectivity index (χ3v) is 8.11. The number of methoxy groups -OCH3 is 2. The zero-order valence-electron chi connectivity index (χ0n) is 18.0. The van der Waals surface area contributed by atoms with Crippen molar-refractivity contribution in [2.45, 2.75) is 19.1 Å². The molecule has 0 spiro atoms. The Morgan fingerprint density at radius 1 is 1.13 bits per heavy atom. The van der Waals surface area contributed by atoms with E-state index in [1.165, 1.54) is 6.26 Å². The maximum absolute atomic E-state index is 13.9. The normalized spacial score (nSPS) is 20.7. The van der Waals surface area contributed by atoms with E-state index < -0.39 is 9.71 Å². The van der Waals surface area contributed by atoms with E-state index >= 15 is 0 Å². The summed E-state index contributed by atoms with van der Waals surface area (Å²) in [5.74, 6) is 1.62. The topological polar surface area (TPSA) is 96.9 Å². The van der Waals surface area contributed by atoms with Gasteiger partial charge in [0.15, 0.2) is 17.3 Å². The van der Waals surface area contributed by atoms with Crippen LogP contribution in [0.3, 0.4) is 0 Å². The molecule has 10 heteroatoms. The largest absolute Gasteiger partial charge is 0.493 e. The Hall–Kier alpha value is -3.01. The van der Waals surface area contributed by atoms with Crippen molar-refractivity contribution in [1.82, 2.24) is 9.80 Å². The van der Waals surface area contributed by atoms with Crippen molar-refractivity contribution in [3.63, 3.8) is 0 Å². The van der Waals surface area contributed by atoms with Crippen LogP contribution in [0, 0.1) is 4.51 Å². The molecule has 3 heterocycles. The van der Waals surface area contributed by atoms with Crippen molar-refractivity contribution in [1.29, 1.82) is 0 Å². The lowest BCUT2D eigenvalue weighted by molar-refractivity contribution is 0.0659. The molecule has 0 saturated carbocycles. The van der Waals surface area contributed by atoms with Gasteiger partial charge in [0.2, 0.25) is 5.96 Å². The van der Waals surface area contributed by atoms with Gasteiger partial charge in [-0.2, -0.15) is 4.40 Å². The minimum absolute atomic E-state index is 0.139. The molecule has 1 fully saturated rings. The van der Waals surface area contributed by atoms with Crippen LogP contribution >= 0.6 is 0 Å². The van der Waals surface area contributed by atoms with E-state index in [-0.39, 0.29) is 11.2 Å². The molecule has 0 N–H and O–H groups in total. The van der Waals surface area contributed by atoms with Gasteiger partial charge in [0.05, 0.1) is 40.1 Å². The number of benzene rings is 1. The molecule has 1 saturated heterocycles. The summed E-state index contributed by atoms with van der Waals surface area (Å²) < 4.78 is 35.1. The van der Waals surface area contributed by atoms with Crippen molar-refractivity contribution in [2.24, 2.45) is 9.39 Å². The van der Waals surface area contributed by atoms with Gasteiger partial charge in [-0.3, -0.25) is 4.79 Å². The van der Waals surface area contributed by atoms with Gasteiger partial charge >= 0.3 is 0 Å². The summed E-state index contributed by atoms with van der Waals surface area (Å²) >= 11 is 0. The van der Waals surface area contributed by atoms with Crippen LogP contribution in [0.1, 0.15) is 24.4 Å². The van der Waals surface area contributed by atoms with Gasteiger partial charge in [-0.05, 0) is 26.0 Å². The number of rotatable bonds is 4. The first-order valence-electron chi connectivity index (χ1n) is 10.1. The molecule has 1 aromatic carbocycles. The van der Waals surface area contributed by atoms with E-state index in [1.54, 1.807) is 43.4 Å². The van der Waals surface area contributed by atoms with Crippen molar-refractivity contribution >= 4 is 21.6 Å². The molecular weight excluding hydrogens is 420 g/mol. The number of hydrogen-bond acceptors (Lipinski definition) is 7. The molecular formula is C21H26N4O5S. The number of amides is 1. The maximum Gasteiger partial charge on any atom is 0.289 e. The molecule has 0 bridgehead atoms. The predicted octanol–water partition coefficient (Wildman–Crippen LogP) is 1.60. The van der Waals surface area contributed by atoms with Gasteiger partial charge in [-0.1, -0.05) is 0 Å². The average Bonchev–Trinajstić information content (AvgIpc) is 3.32. The van der Waals surface area contributed by atoms with Crippen LogP contribution < -0.4 is 14.8 Å². The molecule has 1 unspecified atom stereocenters. The van der Waals surface area contributed by atoms with Crippen LogP contribution in [-0.4, -0.2) is 71.5 Å². The number of furan rings is 1. The molecule has 1 aromatic heterocycles. The number of ether oxygens (including phenoxy) is 2. The highest BCUT2D eigenvalue weighted by atomic mass is 32.2. The lowest BCUT2D eigenvalue weighted by Gasteiger charge is -2.35. The summed E-state index contributed by atoms with van der Waals surface area (Å²) in [6, 6.07) is 6.80. The second kappa shape index (κ2) is 8.26. The predicted molar refractivity (Wildman–Crippen MR) is 116 cm³/mol. The minimum atomic E-state index is -2.77. The summed E-state index contributed by atoms with van der Waals surface area (Å²) in [5.41, 5.74) is 0. The van der Waals surface area contributed by atoms with Crippen molar-refractivity contribution in [3.05, 3.63) is 46.2 Å². The molecule has 0 aliphatic carbocycles. The van der Waals surface area contributed by atoms with E-state index in [4.69, 9.17) is 13.9 Å². The summed E-state index contributed by atoms with van der Waals surface area (Å²) in [7, 11) is 0.328. The van der Waals surface area contributed by atoms with Gasteiger partial charge in [0.1, 0.15) is 0 Å². The Bertz CT molecular complexity index is 1220. The SMILES string of the molecule is COc1cc2c(cc1OC)=S(=O)(C(C)C)N=C(N1CCN(C(=O)c3ccco3)CC1)N=2. The summed E-state index contributed by atoms with van der Waals surface area (Å²) in [6.45, 7) is 5.83. The maximum atomic E-state index is 13.9. The minimum Gasteiger partial charge on any atom is -0.493 e. The second-order valence-electron chi connectivity index (χ2n) is 7.55. The van der Waals surface area contributed by atoms with Crippen LogP contribution in [-0.2, 0) is 9.71 Å². The number of hydrogen-bond donors (Lipinski definition) is 0. The zero-order chi connectivity index (χ0) is 22.2. The Morgan fingerprint density at radius 3 is 2.39 bits per heavy atom. The first-order chi connectivity index (χ1) is 14.9. The number of nitrogens with zero attached hydrogens (tertiary/aromatic N) is 4. The number of piperazine rings is 1. The van der Waals surface area contributed by atoms with Crippen molar-refractivity contribution < 1.29 is 22.9 Å². The fourth-order valence-corrected chi connectivity index (χ4v) is 5.52. The molecule has 1 atom stereocenters. The monoisotopic (exact) mass is 446 g/mol. The fourth-order valence-electron chi connectivity index (χ4n) is 3.62.